The average Bonchev–Trinajstić information content (AvgIpc) is 3.40. The van der Waals surface area contributed by atoms with Crippen LogP contribution in [-0.4, -0.2) is 22.5 Å². The molecule has 2 heterocycles. The minimum Gasteiger partial charge on any atom is -0.453 e. The molecule has 0 atom stereocenters. The number of halogens is 1. The van der Waals surface area contributed by atoms with Crippen LogP contribution in [0.25, 0.3) is 21.7 Å². The third-order valence-corrected chi connectivity index (χ3v) is 7.25. The van der Waals surface area contributed by atoms with Gasteiger partial charge in [0.15, 0.2) is 10.1 Å². The van der Waals surface area contributed by atoms with Crippen LogP contribution >= 0.6 is 23.1 Å². The van der Waals surface area contributed by atoms with Crippen molar-refractivity contribution in [3.05, 3.63) is 83.4 Å². The smallest absolute Gasteiger partial charge is 0.217 e. The zero-order valence-corrected chi connectivity index (χ0v) is 18.7. The van der Waals surface area contributed by atoms with E-state index in [9.17, 15) is 9.18 Å². The van der Waals surface area contributed by atoms with Crippen molar-refractivity contribution in [1.82, 2.24) is 10.2 Å². The lowest BCUT2D eigenvalue weighted by atomic mass is 10.1. The lowest BCUT2D eigenvalue weighted by molar-refractivity contribution is 0.0981. The summed E-state index contributed by atoms with van der Waals surface area (Å²) in [4.78, 5) is 12.6. The fourth-order valence-electron chi connectivity index (χ4n) is 3.59. The molecule has 3 aromatic carbocycles. The van der Waals surface area contributed by atoms with Gasteiger partial charge in [-0.1, -0.05) is 65.6 Å². The predicted octanol–water partition coefficient (Wildman–Crippen LogP) is 6.47. The molecule has 0 aliphatic heterocycles. The lowest BCUT2D eigenvalue weighted by Gasteiger charge is -2.04. The predicted molar refractivity (Wildman–Crippen MR) is 127 cm³/mol. The van der Waals surface area contributed by atoms with Crippen LogP contribution in [0.3, 0.4) is 0 Å². The SMILES string of the molecule is Cc1c(C(=O)CNc2nnc(SCc3cccc4ccccc34)s2)oc2ccc(F)cc12. The molecule has 160 valence electrons. The van der Waals surface area contributed by atoms with E-state index in [0.717, 1.165) is 10.1 Å². The maximum absolute atomic E-state index is 13.5. The lowest BCUT2D eigenvalue weighted by Crippen LogP contribution is -2.14. The molecule has 0 saturated heterocycles. The largest absolute Gasteiger partial charge is 0.453 e. The molecule has 0 unspecified atom stereocenters. The van der Waals surface area contributed by atoms with Gasteiger partial charge in [-0.25, -0.2) is 4.39 Å². The van der Waals surface area contributed by atoms with Crippen molar-refractivity contribution in [3.63, 3.8) is 0 Å². The summed E-state index contributed by atoms with van der Waals surface area (Å²) in [5.74, 6) is 0.428. The van der Waals surface area contributed by atoms with E-state index in [2.05, 4.69) is 45.8 Å². The number of hydrogen-bond donors (Lipinski definition) is 1. The summed E-state index contributed by atoms with van der Waals surface area (Å²) in [5.41, 5.74) is 2.37. The van der Waals surface area contributed by atoms with Gasteiger partial charge in [0.25, 0.3) is 0 Å². The second-order valence-electron chi connectivity index (χ2n) is 7.27. The van der Waals surface area contributed by atoms with E-state index < -0.39 is 0 Å². The third-order valence-electron chi connectivity index (χ3n) is 5.19. The normalized spacial score (nSPS) is 11.3. The molecule has 0 bridgehead atoms. The van der Waals surface area contributed by atoms with Crippen molar-refractivity contribution in [2.45, 2.75) is 17.0 Å². The Hall–Kier alpha value is -3.23. The summed E-state index contributed by atoms with van der Waals surface area (Å²) in [7, 11) is 0. The maximum Gasteiger partial charge on any atom is 0.217 e. The van der Waals surface area contributed by atoms with Crippen molar-refractivity contribution in [2.24, 2.45) is 0 Å². The molecule has 0 fully saturated rings. The summed E-state index contributed by atoms with van der Waals surface area (Å²) in [6.45, 7) is 1.78. The van der Waals surface area contributed by atoms with Crippen LogP contribution in [0.4, 0.5) is 9.52 Å². The van der Waals surface area contributed by atoms with Crippen LogP contribution in [0, 0.1) is 12.7 Å². The monoisotopic (exact) mass is 463 g/mol. The quantitative estimate of drug-likeness (QED) is 0.220. The van der Waals surface area contributed by atoms with Gasteiger partial charge in [0.1, 0.15) is 11.4 Å². The Labute approximate surface area is 191 Å². The van der Waals surface area contributed by atoms with E-state index in [-0.39, 0.29) is 23.9 Å². The highest BCUT2D eigenvalue weighted by molar-refractivity contribution is 8.00. The number of rotatable bonds is 7. The van der Waals surface area contributed by atoms with Gasteiger partial charge in [-0.3, -0.25) is 4.79 Å². The molecule has 5 aromatic rings. The number of aryl methyl sites for hydroxylation is 1. The summed E-state index contributed by atoms with van der Waals surface area (Å²) >= 11 is 3.02. The molecule has 5 rings (SSSR count). The van der Waals surface area contributed by atoms with Gasteiger partial charge in [-0.15, -0.1) is 10.2 Å². The molecule has 0 saturated carbocycles. The Morgan fingerprint density at radius 1 is 1.09 bits per heavy atom. The topological polar surface area (TPSA) is 68.0 Å². The number of thioether (sulfide) groups is 1. The molecule has 32 heavy (non-hydrogen) atoms. The first-order valence-corrected chi connectivity index (χ1v) is 11.8. The molecule has 2 aromatic heterocycles. The van der Waals surface area contributed by atoms with E-state index in [4.69, 9.17) is 4.42 Å². The van der Waals surface area contributed by atoms with Gasteiger partial charge >= 0.3 is 0 Å². The van der Waals surface area contributed by atoms with Gasteiger partial charge in [0, 0.05) is 16.7 Å². The number of Topliss-reactive ketones (excluding diaryl/α,β-unsaturated/α-hetero) is 1. The van der Waals surface area contributed by atoms with Crippen molar-refractivity contribution in [1.29, 1.82) is 0 Å². The number of fused-ring (bicyclic) bond motifs is 2. The number of anilines is 1. The highest BCUT2D eigenvalue weighted by atomic mass is 32.2. The summed E-state index contributed by atoms with van der Waals surface area (Å²) < 4.78 is 20.0. The molecular weight excluding hydrogens is 445 g/mol. The molecule has 0 aliphatic carbocycles. The summed E-state index contributed by atoms with van der Waals surface area (Å²) in [6.07, 6.45) is 0. The number of nitrogens with one attached hydrogen (secondary N) is 1. The first-order valence-electron chi connectivity index (χ1n) is 9.97. The van der Waals surface area contributed by atoms with Crippen molar-refractivity contribution in [3.8, 4) is 0 Å². The Morgan fingerprint density at radius 3 is 2.84 bits per heavy atom. The fraction of sp³-hybridized carbons (Fsp3) is 0.125. The third kappa shape index (κ3) is 4.11. The summed E-state index contributed by atoms with van der Waals surface area (Å²) in [6, 6.07) is 18.8. The van der Waals surface area contributed by atoms with Crippen LogP contribution in [0.15, 0.2) is 69.4 Å². The molecule has 0 radical (unpaired) electrons. The zero-order valence-electron chi connectivity index (χ0n) is 17.1. The second-order valence-corrected chi connectivity index (χ2v) is 9.47. The minimum absolute atomic E-state index is 0.0196. The molecule has 0 spiro atoms. The highest BCUT2D eigenvalue weighted by Gasteiger charge is 2.18. The first kappa shape index (κ1) is 20.7. The molecule has 1 N–H and O–H groups in total. The number of carbonyl (C=O) groups is 1. The van der Waals surface area contributed by atoms with E-state index >= 15 is 0 Å². The number of carbonyl (C=O) groups excluding carboxylic acids is 1. The number of benzene rings is 3. The number of ketones is 1. The van der Waals surface area contributed by atoms with Crippen LogP contribution in [0.2, 0.25) is 0 Å². The van der Waals surface area contributed by atoms with Gasteiger partial charge in [0.05, 0.1) is 6.54 Å². The highest BCUT2D eigenvalue weighted by Crippen LogP contribution is 2.31. The van der Waals surface area contributed by atoms with E-state index in [1.165, 1.54) is 45.9 Å². The Balaban J connectivity index is 1.23. The van der Waals surface area contributed by atoms with Gasteiger partial charge < -0.3 is 9.73 Å². The number of aromatic nitrogens is 2. The van der Waals surface area contributed by atoms with Crippen molar-refractivity contribution < 1.29 is 13.6 Å². The van der Waals surface area contributed by atoms with Crippen molar-refractivity contribution >= 4 is 55.8 Å². The molecule has 0 aliphatic rings. The van der Waals surface area contributed by atoms with E-state index in [0.29, 0.717) is 21.7 Å². The molecular formula is C24H18FN3O2S2. The van der Waals surface area contributed by atoms with Crippen LogP contribution < -0.4 is 5.32 Å². The number of furan rings is 1. The van der Waals surface area contributed by atoms with Gasteiger partial charge in [-0.2, -0.15) is 0 Å². The van der Waals surface area contributed by atoms with Crippen LogP contribution in [0.5, 0.6) is 0 Å². The average molecular weight is 464 g/mol. The second kappa shape index (κ2) is 8.72. The summed E-state index contributed by atoms with van der Waals surface area (Å²) in [5, 5.41) is 15.0. The number of nitrogens with zero attached hydrogens (tertiary/aromatic N) is 2. The van der Waals surface area contributed by atoms with Crippen LogP contribution in [0.1, 0.15) is 21.7 Å². The zero-order chi connectivity index (χ0) is 22.1. The minimum atomic E-state index is -0.360. The maximum atomic E-state index is 13.5. The van der Waals surface area contributed by atoms with E-state index in [1.807, 2.05) is 12.1 Å². The van der Waals surface area contributed by atoms with Gasteiger partial charge in [-0.05, 0) is 41.5 Å². The first-order chi connectivity index (χ1) is 15.6. The molecule has 5 nitrogen and oxygen atoms in total. The number of hydrogen-bond acceptors (Lipinski definition) is 7. The van der Waals surface area contributed by atoms with E-state index in [1.54, 1.807) is 18.7 Å². The fourth-order valence-corrected chi connectivity index (χ4v) is 5.34. The van der Waals surface area contributed by atoms with Crippen LogP contribution in [-0.2, 0) is 5.75 Å². The van der Waals surface area contributed by atoms with Gasteiger partial charge in [0.2, 0.25) is 10.9 Å². The Bertz CT molecular complexity index is 1440. The standard InChI is InChI=1S/C24H18FN3O2S2/c1-14-19-11-17(25)9-10-21(19)30-22(14)20(29)12-26-23-27-28-24(32-23)31-13-16-7-4-6-15-5-2-3-8-18(15)16/h2-11H,12-13H2,1H3,(H,26,27). The molecule has 0 amide bonds. The molecule has 8 heteroatoms. The Morgan fingerprint density at radius 2 is 1.94 bits per heavy atom. The van der Waals surface area contributed by atoms with Crippen molar-refractivity contribution in [2.75, 3.05) is 11.9 Å². The Kier molecular flexibility index (Phi) is 5.63.